The average Bonchev–Trinajstić information content (AvgIpc) is 2.91. The van der Waals surface area contributed by atoms with Gasteiger partial charge in [-0.05, 0) is 12.1 Å². The minimum absolute atomic E-state index is 0.0572. The molecule has 0 amide bonds. The van der Waals surface area contributed by atoms with E-state index in [1.165, 1.54) is 0 Å². The number of nitrogen functional groups attached to an aromatic ring is 1. The van der Waals surface area contributed by atoms with Crippen LogP contribution in [0.1, 0.15) is 11.1 Å². The van der Waals surface area contributed by atoms with Crippen molar-refractivity contribution in [3.05, 3.63) is 44.6 Å². The van der Waals surface area contributed by atoms with Crippen molar-refractivity contribution in [3.8, 4) is 0 Å². The van der Waals surface area contributed by atoms with Crippen LogP contribution in [0.5, 0.6) is 0 Å². The standard InChI is InChI=1S/C22H21ClF6N4O10S/c23-8-1-6(21(24,25)26)3-31-18(8)32-12-9(30)2-7(22(27,28)29)17(13(12)33(40)41)44-5-11(19(38)39)43-20-16(37)15(36)14(35)10(4-34)42-20/h1-3,10-11,14-16,20,34-37H,4-5,30H2,(H,31,32)(H,38,39)/t10-,11?,14-,15+,16-,20+/m1/s1. The molecule has 1 aromatic carbocycles. The minimum Gasteiger partial charge on any atom is -0.479 e. The van der Waals surface area contributed by atoms with Crippen LogP contribution in [0.15, 0.2) is 23.2 Å². The van der Waals surface area contributed by atoms with E-state index in [-0.39, 0.29) is 17.8 Å². The number of nitrogens with zero attached hydrogens (tertiary/aromatic N) is 2. The number of thioether (sulfide) groups is 1. The van der Waals surface area contributed by atoms with Gasteiger partial charge in [-0.15, -0.1) is 11.8 Å². The molecule has 0 spiro atoms. The summed E-state index contributed by atoms with van der Waals surface area (Å²) in [5.74, 6) is -3.54. The van der Waals surface area contributed by atoms with Gasteiger partial charge in [0.15, 0.2) is 12.4 Å². The number of nitrogens with one attached hydrogen (secondary N) is 1. The normalized spacial score (nSPS) is 23.3. The Labute approximate surface area is 250 Å². The summed E-state index contributed by atoms with van der Waals surface area (Å²) in [7, 11) is 0. The number of carboxylic acid groups (broad SMARTS) is 1. The van der Waals surface area contributed by atoms with Gasteiger partial charge in [0, 0.05) is 11.9 Å². The Balaban J connectivity index is 2.03. The van der Waals surface area contributed by atoms with Gasteiger partial charge in [-0.25, -0.2) is 9.78 Å². The fourth-order valence-corrected chi connectivity index (χ4v) is 5.20. The lowest BCUT2D eigenvalue weighted by Gasteiger charge is -2.40. The molecule has 2 heterocycles. The molecule has 8 N–H and O–H groups in total. The Hall–Kier alpha value is -3.18. The monoisotopic (exact) mass is 682 g/mol. The molecule has 1 saturated heterocycles. The summed E-state index contributed by atoms with van der Waals surface area (Å²) in [6.07, 6.45) is -21.6. The van der Waals surface area contributed by atoms with E-state index in [1.807, 2.05) is 0 Å². The first-order chi connectivity index (χ1) is 20.3. The third-order valence-electron chi connectivity index (χ3n) is 5.99. The fourth-order valence-electron chi connectivity index (χ4n) is 3.81. The molecule has 6 atom stereocenters. The van der Waals surface area contributed by atoms with Crippen molar-refractivity contribution in [3.63, 3.8) is 0 Å². The third-order valence-corrected chi connectivity index (χ3v) is 7.45. The molecule has 244 valence electrons. The maximum Gasteiger partial charge on any atom is 0.417 e. The fraction of sp³-hybridized carbons (Fsp3) is 0.455. The highest BCUT2D eigenvalue weighted by Crippen LogP contribution is 2.49. The zero-order valence-electron chi connectivity index (χ0n) is 21.4. The van der Waals surface area contributed by atoms with Crippen molar-refractivity contribution in [1.29, 1.82) is 0 Å². The van der Waals surface area contributed by atoms with Gasteiger partial charge in [-0.1, -0.05) is 11.6 Å². The zero-order valence-corrected chi connectivity index (χ0v) is 23.0. The number of carbonyl (C=O) groups is 1. The molecule has 3 rings (SSSR count). The van der Waals surface area contributed by atoms with E-state index in [9.17, 15) is 66.8 Å². The predicted octanol–water partition coefficient (Wildman–Crippen LogP) is 2.37. The smallest absolute Gasteiger partial charge is 0.417 e. The summed E-state index contributed by atoms with van der Waals surface area (Å²) in [4.78, 5) is 24.8. The summed E-state index contributed by atoms with van der Waals surface area (Å²) in [5.41, 5.74) is -0.495. The van der Waals surface area contributed by atoms with E-state index in [1.54, 1.807) is 0 Å². The highest BCUT2D eigenvalue weighted by molar-refractivity contribution is 7.99. The summed E-state index contributed by atoms with van der Waals surface area (Å²) >= 11 is 5.75. The Morgan fingerprint density at radius 3 is 2.32 bits per heavy atom. The first-order valence-corrected chi connectivity index (χ1v) is 13.1. The third kappa shape index (κ3) is 7.72. The number of anilines is 3. The second-order valence-electron chi connectivity index (χ2n) is 8.97. The van der Waals surface area contributed by atoms with Gasteiger partial charge in [0.25, 0.3) is 0 Å². The number of pyridine rings is 1. The lowest BCUT2D eigenvalue weighted by Crippen LogP contribution is -2.60. The molecule has 0 radical (unpaired) electrons. The number of halogens is 7. The Morgan fingerprint density at radius 1 is 1.18 bits per heavy atom. The van der Waals surface area contributed by atoms with E-state index < -0.39 is 116 Å². The molecule has 2 aromatic rings. The van der Waals surface area contributed by atoms with Gasteiger partial charge < -0.3 is 46.1 Å². The Kier molecular flexibility index (Phi) is 10.8. The van der Waals surface area contributed by atoms with Crippen LogP contribution < -0.4 is 11.1 Å². The highest BCUT2D eigenvalue weighted by Gasteiger charge is 2.46. The lowest BCUT2D eigenvalue weighted by atomic mass is 9.99. The van der Waals surface area contributed by atoms with Crippen molar-refractivity contribution in [2.75, 3.05) is 23.4 Å². The summed E-state index contributed by atoms with van der Waals surface area (Å²) in [6.45, 7) is -0.919. The SMILES string of the molecule is Nc1cc(C(F)(F)F)c(SCC(O[C@@H]2O[C@H](CO)[C@@H](O)[C@H](O)[C@H]2O)C(=O)O)c([N+](=O)[O-])c1Nc1ncc(C(F)(F)F)cc1Cl. The molecule has 14 nitrogen and oxygen atoms in total. The number of nitro benzene ring substituents is 1. The number of benzene rings is 1. The van der Waals surface area contributed by atoms with Gasteiger partial charge in [0.1, 0.15) is 35.9 Å². The summed E-state index contributed by atoms with van der Waals surface area (Å²) < 4.78 is 91.0. The van der Waals surface area contributed by atoms with E-state index >= 15 is 0 Å². The number of nitrogens with two attached hydrogens (primary N) is 1. The number of hydrogen-bond donors (Lipinski definition) is 7. The number of aliphatic carboxylic acids is 1. The Bertz CT molecular complexity index is 1400. The van der Waals surface area contributed by atoms with E-state index in [2.05, 4.69) is 10.3 Å². The van der Waals surface area contributed by atoms with Crippen LogP contribution in [0.3, 0.4) is 0 Å². The number of carboxylic acids is 1. The molecule has 22 heteroatoms. The second-order valence-corrected chi connectivity index (χ2v) is 10.4. The summed E-state index contributed by atoms with van der Waals surface area (Å²) in [6, 6.07) is 0.649. The number of rotatable bonds is 10. The van der Waals surface area contributed by atoms with Gasteiger partial charge in [0.2, 0.25) is 0 Å². The van der Waals surface area contributed by atoms with Gasteiger partial charge in [-0.2, -0.15) is 26.3 Å². The number of nitro groups is 1. The maximum absolute atomic E-state index is 14.0. The molecule has 0 aliphatic carbocycles. The second kappa shape index (κ2) is 13.4. The van der Waals surface area contributed by atoms with Crippen LogP contribution in [-0.2, 0) is 26.6 Å². The zero-order chi connectivity index (χ0) is 33.3. The average molecular weight is 683 g/mol. The van der Waals surface area contributed by atoms with Gasteiger partial charge in [-0.3, -0.25) is 10.1 Å². The van der Waals surface area contributed by atoms with Crippen LogP contribution in [0.2, 0.25) is 5.02 Å². The van der Waals surface area contributed by atoms with Gasteiger partial charge in [0.05, 0.1) is 38.3 Å². The van der Waals surface area contributed by atoms with Crippen LogP contribution in [-0.4, -0.2) is 90.6 Å². The van der Waals surface area contributed by atoms with Crippen LogP contribution in [0.25, 0.3) is 0 Å². The first-order valence-electron chi connectivity index (χ1n) is 11.8. The van der Waals surface area contributed by atoms with E-state index in [0.29, 0.717) is 12.3 Å². The number of hydrogen-bond acceptors (Lipinski definition) is 13. The van der Waals surface area contributed by atoms with Crippen LogP contribution >= 0.6 is 23.4 Å². The topological polar surface area (TPSA) is 231 Å². The van der Waals surface area contributed by atoms with Crippen LogP contribution in [0.4, 0.5) is 49.2 Å². The molecular formula is C22H21ClF6N4O10S. The molecule has 1 aromatic heterocycles. The van der Waals surface area contributed by atoms with Gasteiger partial charge >= 0.3 is 24.0 Å². The molecule has 1 aliphatic rings. The molecule has 0 saturated carbocycles. The number of aliphatic hydroxyl groups excluding tert-OH is 4. The molecule has 44 heavy (non-hydrogen) atoms. The molecule has 1 unspecified atom stereocenters. The van der Waals surface area contributed by atoms with E-state index in [4.69, 9.17) is 26.8 Å². The maximum atomic E-state index is 14.0. The number of ether oxygens (including phenoxy) is 2. The molecule has 1 aliphatic heterocycles. The Morgan fingerprint density at radius 2 is 1.82 bits per heavy atom. The molecule has 1 fully saturated rings. The first kappa shape index (κ1) is 35.3. The molecular weight excluding hydrogens is 662 g/mol. The van der Waals surface area contributed by atoms with Crippen molar-refractivity contribution in [1.82, 2.24) is 4.98 Å². The van der Waals surface area contributed by atoms with E-state index in [0.717, 1.165) is 0 Å². The lowest BCUT2D eigenvalue weighted by molar-refractivity contribution is -0.387. The highest BCUT2D eigenvalue weighted by atomic mass is 35.5. The number of alkyl halides is 6. The number of aromatic nitrogens is 1. The summed E-state index contributed by atoms with van der Waals surface area (Å²) in [5, 5.41) is 62.2. The number of aliphatic hydroxyl groups is 4. The van der Waals surface area contributed by atoms with Crippen molar-refractivity contribution in [2.45, 2.75) is 54.1 Å². The quantitative estimate of drug-likeness (QED) is 0.0627. The van der Waals surface area contributed by atoms with Crippen molar-refractivity contribution in [2.24, 2.45) is 0 Å². The van der Waals surface area contributed by atoms with Crippen LogP contribution in [0, 0.1) is 10.1 Å². The predicted molar refractivity (Wildman–Crippen MR) is 137 cm³/mol. The van der Waals surface area contributed by atoms with Crippen molar-refractivity contribution >= 4 is 52.2 Å². The molecule has 0 bridgehead atoms. The van der Waals surface area contributed by atoms with Crippen molar-refractivity contribution < 1.29 is 71.1 Å². The minimum atomic E-state index is -5.30. The largest absolute Gasteiger partial charge is 0.479 e.